The van der Waals surface area contributed by atoms with E-state index in [4.69, 9.17) is 5.14 Å². The zero-order valence-electron chi connectivity index (χ0n) is 9.26. The van der Waals surface area contributed by atoms with Crippen LogP contribution in [0.3, 0.4) is 0 Å². The topological polar surface area (TPSA) is 90.9 Å². The van der Waals surface area contributed by atoms with Gasteiger partial charge in [0.1, 0.15) is 5.82 Å². The lowest BCUT2D eigenvalue weighted by Gasteiger charge is -2.10. The van der Waals surface area contributed by atoms with Gasteiger partial charge in [-0.15, -0.1) is 10.2 Å². The van der Waals surface area contributed by atoms with Crippen molar-refractivity contribution in [2.45, 2.75) is 50.2 Å². The van der Waals surface area contributed by atoms with Crippen LogP contribution in [0.5, 0.6) is 0 Å². The van der Waals surface area contributed by atoms with Gasteiger partial charge in [-0.1, -0.05) is 12.8 Å². The second-order valence-electron chi connectivity index (χ2n) is 4.11. The van der Waals surface area contributed by atoms with E-state index < -0.39 is 10.0 Å². The van der Waals surface area contributed by atoms with Crippen LogP contribution in [0.1, 0.15) is 44.3 Å². The summed E-state index contributed by atoms with van der Waals surface area (Å²) in [6.07, 6.45) is 4.46. The lowest BCUT2D eigenvalue weighted by atomic mass is 10.1. The Morgan fingerprint density at radius 1 is 1.38 bits per heavy atom. The van der Waals surface area contributed by atoms with Crippen LogP contribution in [0, 0.1) is 0 Å². The predicted molar refractivity (Wildman–Crippen MR) is 58.3 cm³/mol. The maximum absolute atomic E-state index is 11.3. The zero-order chi connectivity index (χ0) is 11.8. The molecule has 0 amide bonds. The Hall–Kier alpha value is -0.950. The molecule has 7 heteroatoms. The van der Waals surface area contributed by atoms with Crippen molar-refractivity contribution in [1.82, 2.24) is 14.8 Å². The summed E-state index contributed by atoms with van der Waals surface area (Å²) in [5.74, 6) is 1.10. The summed E-state index contributed by atoms with van der Waals surface area (Å²) in [6, 6.07) is 0. The molecule has 1 aromatic heterocycles. The maximum Gasteiger partial charge on any atom is 0.273 e. The minimum absolute atomic E-state index is 0.114. The summed E-state index contributed by atoms with van der Waals surface area (Å²) >= 11 is 0. The number of rotatable bonds is 3. The first-order valence-corrected chi connectivity index (χ1v) is 7.04. The van der Waals surface area contributed by atoms with Crippen molar-refractivity contribution < 1.29 is 8.42 Å². The zero-order valence-corrected chi connectivity index (χ0v) is 10.1. The molecule has 0 saturated heterocycles. The standard InChI is InChI=1S/C9H16N4O2S/c1-2-13-8(7-5-3-4-6-7)11-12-9(13)16(10,14)15/h7H,2-6H2,1H3,(H2,10,14,15). The fourth-order valence-electron chi connectivity index (χ4n) is 2.29. The van der Waals surface area contributed by atoms with Gasteiger partial charge < -0.3 is 4.57 Å². The van der Waals surface area contributed by atoms with Crippen LogP contribution in [-0.4, -0.2) is 23.2 Å². The molecule has 6 nitrogen and oxygen atoms in total. The molecule has 2 N–H and O–H groups in total. The summed E-state index contributed by atoms with van der Waals surface area (Å²) in [5, 5.41) is 12.7. The molecule has 0 bridgehead atoms. The van der Waals surface area contributed by atoms with E-state index in [1.165, 1.54) is 12.8 Å². The van der Waals surface area contributed by atoms with Gasteiger partial charge in [0.15, 0.2) is 0 Å². The minimum atomic E-state index is -3.76. The molecule has 16 heavy (non-hydrogen) atoms. The second kappa shape index (κ2) is 4.14. The van der Waals surface area contributed by atoms with E-state index in [1.54, 1.807) is 4.57 Å². The third-order valence-corrected chi connectivity index (χ3v) is 3.85. The minimum Gasteiger partial charge on any atom is -0.301 e. The summed E-state index contributed by atoms with van der Waals surface area (Å²) in [6.45, 7) is 2.40. The van der Waals surface area contributed by atoms with Crippen LogP contribution in [0.25, 0.3) is 0 Å². The SMILES string of the molecule is CCn1c(C2CCCC2)nnc1S(N)(=O)=O. The van der Waals surface area contributed by atoms with Crippen molar-refractivity contribution in [1.29, 1.82) is 0 Å². The predicted octanol–water partition coefficient (Wildman–Crippen LogP) is 0.603. The summed E-state index contributed by atoms with van der Waals surface area (Å²) in [4.78, 5) is 0. The Morgan fingerprint density at radius 3 is 2.50 bits per heavy atom. The average molecular weight is 244 g/mol. The van der Waals surface area contributed by atoms with Gasteiger partial charge in [0.25, 0.3) is 15.2 Å². The Morgan fingerprint density at radius 2 is 2.00 bits per heavy atom. The Kier molecular flexibility index (Phi) is 2.98. The van der Waals surface area contributed by atoms with Crippen molar-refractivity contribution >= 4 is 10.0 Å². The summed E-state index contributed by atoms with van der Waals surface area (Å²) < 4.78 is 24.2. The third-order valence-electron chi connectivity index (χ3n) is 3.04. The molecule has 90 valence electrons. The highest BCUT2D eigenvalue weighted by Crippen LogP contribution is 2.33. The van der Waals surface area contributed by atoms with Gasteiger partial charge in [0.05, 0.1) is 0 Å². The number of aromatic nitrogens is 3. The highest BCUT2D eigenvalue weighted by Gasteiger charge is 2.27. The van der Waals surface area contributed by atoms with E-state index in [0.717, 1.165) is 18.7 Å². The van der Waals surface area contributed by atoms with E-state index in [0.29, 0.717) is 12.5 Å². The Labute approximate surface area is 94.9 Å². The molecule has 1 fully saturated rings. The molecule has 0 unspecified atom stereocenters. The van der Waals surface area contributed by atoms with Crippen LogP contribution in [-0.2, 0) is 16.6 Å². The molecule has 1 heterocycles. The smallest absolute Gasteiger partial charge is 0.273 e. The quantitative estimate of drug-likeness (QED) is 0.843. The summed E-state index contributed by atoms with van der Waals surface area (Å²) in [5.41, 5.74) is 0. The molecular weight excluding hydrogens is 228 g/mol. The van der Waals surface area contributed by atoms with Gasteiger partial charge in [-0.2, -0.15) is 0 Å². The van der Waals surface area contributed by atoms with Gasteiger partial charge >= 0.3 is 0 Å². The van der Waals surface area contributed by atoms with Crippen molar-refractivity contribution in [2.75, 3.05) is 0 Å². The fraction of sp³-hybridized carbons (Fsp3) is 0.778. The molecule has 0 spiro atoms. The Bertz CT molecular complexity index is 474. The normalized spacial score (nSPS) is 18.1. The molecule has 0 atom stereocenters. The van der Waals surface area contributed by atoms with E-state index >= 15 is 0 Å². The molecule has 1 aromatic rings. The number of hydrogen-bond acceptors (Lipinski definition) is 4. The lowest BCUT2D eigenvalue weighted by molar-refractivity contribution is 0.546. The molecule has 2 rings (SSSR count). The monoisotopic (exact) mass is 244 g/mol. The van der Waals surface area contributed by atoms with E-state index in [-0.39, 0.29) is 5.16 Å². The van der Waals surface area contributed by atoms with Crippen molar-refractivity contribution in [3.05, 3.63) is 5.82 Å². The lowest BCUT2D eigenvalue weighted by Crippen LogP contribution is -2.19. The van der Waals surface area contributed by atoms with E-state index in [1.807, 2.05) is 6.92 Å². The number of primary sulfonamides is 1. The van der Waals surface area contributed by atoms with Crippen molar-refractivity contribution in [3.8, 4) is 0 Å². The Balaban J connectivity index is 2.44. The first-order chi connectivity index (χ1) is 7.54. The first-order valence-electron chi connectivity index (χ1n) is 5.50. The van der Waals surface area contributed by atoms with Crippen molar-refractivity contribution in [2.24, 2.45) is 5.14 Å². The highest BCUT2D eigenvalue weighted by atomic mass is 32.2. The van der Waals surface area contributed by atoms with Crippen LogP contribution in [0.15, 0.2) is 5.16 Å². The van der Waals surface area contributed by atoms with Crippen LogP contribution >= 0.6 is 0 Å². The average Bonchev–Trinajstić information content (AvgIpc) is 2.84. The number of nitrogens with two attached hydrogens (primary N) is 1. The van der Waals surface area contributed by atoms with Gasteiger partial charge in [-0.05, 0) is 19.8 Å². The van der Waals surface area contributed by atoms with Crippen LogP contribution in [0.4, 0.5) is 0 Å². The van der Waals surface area contributed by atoms with Gasteiger partial charge in [0, 0.05) is 12.5 Å². The van der Waals surface area contributed by atoms with E-state index in [2.05, 4.69) is 10.2 Å². The molecule has 1 saturated carbocycles. The molecule has 0 radical (unpaired) electrons. The van der Waals surface area contributed by atoms with Crippen LogP contribution in [0.2, 0.25) is 0 Å². The molecule has 1 aliphatic carbocycles. The summed E-state index contributed by atoms with van der Waals surface area (Å²) in [7, 11) is -3.76. The van der Waals surface area contributed by atoms with Gasteiger partial charge in [-0.25, -0.2) is 13.6 Å². The van der Waals surface area contributed by atoms with Gasteiger partial charge in [-0.3, -0.25) is 0 Å². The van der Waals surface area contributed by atoms with Crippen molar-refractivity contribution in [3.63, 3.8) is 0 Å². The molecule has 0 aromatic carbocycles. The number of hydrogen-bond donors (Lipinski definition) is 1. The first kappa shape index (κ1) is 11.5. The second-order valence-corrected chi connectivity index (χ2v) is 5.57. The molecule has 0 aliphatic heterocycles. The maximum atomic E-state index is 11.3. The van der Waals surface area contributed by atoms with Gasteiger partial charge in [0.2, 0.25) is 0 Å². The highest BCUT2D eigenvalue weighted by molar-refractivity contribution is 7.89. The molecule has 1 aliphatic rings. The fourth-order valence-corrected chi connectivity index (χ4v) is 2.98. The van der Waals surface area contributed by atoms with E-state index in [9.17, 15) is 8.42 Å². The largest absolute Gasteiger partial charge is 0.301 e. The van der Waals surface area contributed by atoms with Crippen LogP contribution < -0.4 is 5.14 Å². The third kappa shape index (κ3) is 1.97. The number of nitrogens with zero attached hydrogens (tertiary/aromatic N) is 3. The number of sulfonamides is 1. The molecular formula is C9H16N4O2S.